The van der Waals surface area contributed by atoms with Crippen LogP contribution >= 0.6 is 24.0 Å². The second-order valence-corrected chi connectivity index (χ2v) is 3.87. The summed E-state index contributed by atoms with van der Waals surface area (Å²) in [7, 11) is 3.50. The Labute approximate surface area is 111 Å². The highest BCUT2D eigenvalue weighted by Gasteiger charge is 2.12. The van der Waals surface area contributed by atoms with Gasteiger partial charge in [-0.3, -0.25) is 4.79 Å². The fourth-order valence-corrected chi connectivity index (χ4v) is 1.41. The summed E-state index contributed by atoms with van der Waals surface area (Å²) in [6, 6.07) is 3.97. The molecule has 1 N–H and O–H groups in total. The minimum absolute atomic E-state index is 0. The molecule has 96 valence electrons. The third-order valence-electron chi connectivity index (χ3n) is 2.21. The lowest BCUT2D eigenvalue weighted by Crippen LogP contribution is -2.32. The topological polar surface area (TPSA) is 32.3 Å². The highest BCUT2D eigenvalue weighted by atomic mass is 35.5. The van der Waals surface area contributed by atoms with Crippen molar-refractivity contribution in [1.29, 1.82) is 0 Å². The minimum atomic E-state index is -0.518. The van der Waals surface area contributed by atoms with E-state index in [4.69, 9.17) is 11.6 Å². The molecular formula is C11H15Cl2FN2O. The van der Waals surface area contributed by atoms with E-state index in [2.05, 4.69) is 5.32 Å². The average Bonchev–Trinajstić information content (AvgIpc) is 2.28. The molecule has 0 spiro atoms. The smallest absolute Gasteiger partial charge is 0.253 e. The molecule has 1 rings (SSSR count). The fourth-order valence-electron chi connectivity index (χ4n) is 1.23. The molecule has 0 aliphatic carbocycles. The van der Waals surface area contributed by atoms with Gasteiger partial charge in [0.1, 0.15) is 5.82 Å². The number of halogens is 3. The molecule has 0 aromatic heterocycles. The number of carbonyl (C=O) groups excluding carboxylic acids is 1. The summed E-state index contributed by atoms with van der Waals surface area (Å²) in [5.74, 6) is -0.687. The van der Waals surface area contributed by atoms with Gasteiger partial charge in [-0.2, -0.15) is 0 Å². The van der Waals surface area contributed by atoms with Crippen molar-refractivity contribution in [2.45, 2.75) is 0 Å². The van der Waals surface area contributed by atoms with E-state index >= 15 is 0 Å². The van der Waals surface area contributed by atoms with E-state index in [-0.39, 0.29) is 23.3 Å². The van der Waals surface area contributed by atoms with Crippen LogP contribution in [0.4, 0.5) is 4.39 Å². The first-order valence-corrected chi connectivity index (χ1v) is 5.29. The first-order chi connectivity index (χ1) is 7.56. The molecule has 0 fully saturated rings. The van der Waals surface area contributed by atoms with Gasteiger partial charge in [-0.05, 0) is 25.2 Å². The van der Waals surface area contributed by atoms with Crippen LogP contribution < -0.4 is 5.32 Å². The van der Waals surface area contributed by atoms with Crippen molar-refractivity contribution in [3.8, 4) is 0 Å². The number of amides is 1. The van der Waals surface area contributed by atoms with Gasteiger partial charge in [-0.15, -0.1) is 12.4 Å². The van der Waals surface area contributed by atoms with E-state index in [1.165, 1.54) is 18.2 Å². The Bertz CT molecular complexity index is 388. The zero-order chi connectivity index (χ0) is 12.1. The van der Waals surface area contributed by atoms with E-state index in [9.17, 15) is 9.18 Å². The Hall–Kier alpha value is -0.840. The van der Waals surface area contributed by atoms with E-state index < -0.39 is 5.82 Å². The normalized spacial score (nSPS) is 9.65. The number of likely N-dealkylation sites (N-methyl/N-ethyl adjacent to an activating group) is 2. The summed E-state index contributed by atoms with van der Waals surface area (Å²) in [4.78, 5) is 13.4. The van der Waals surface area contributed by atoms with Gasteiger partial charge in [-0.25, -0.2) is 4.39 Å². The van der Waals surface area contributed by atoms with Crippen LogP contribution in [0.15, 0.2) is 18.2 Å². The van der Waals surface area contributed by atoms with Crippen molar-refractivity contribution in [3.05, 3.63) is 34.6 Å². The molecule has 0 radical (unpaired) electrons. The standard InChI is InChI=1S/C11H14ClFN2O.ClH/c1-14-5-6-15(2)11(16)8-3-4-10(13)9(12)7-8;/h3-4,7,14H,5-6H2,1-2H3;1H. The summed E-state index contributed by atoms with van der Waals surface area (Å²) >= 11 is 5.61. The summed E-state index contributed by atoms with van der Waals surface area (Å²) in [5, 5.41) is 2.91. The van der Waals surface area contributed by atoms with Crippen LogP contribution in [0.5, 0.6) is 0 Å². The molecule has 0 aliphatic rings. The number of benzene rings is 1. The van der Waals surface area contributed by atoms with E-state index in [0.717, 1.165) is 0 Å². The molecule has 1 aromatic rings. The number of hydrogen-bond acceptors (Lipinski definition) is 2. The van der Waals surface area contributed by atoms with Gasteiger partial charge >= 0.3 is 0 Å². The Morgan fingerprint density at radius 1 is 1.53 bits per heavy atom. The molecule has 6 heteroatoms. The van der Waals surface area contributed by atoms with Gasteiger partial charge in [0, 0.05) is 25.7 Å². The largest absolute Gasteiger partial charge is 0.340 e. The third-order valence-corrected chi connectivity index (χ3v) is 2.50. The molecule has 17 heavy (non-hydrogen) atoms. The zero-order valence-corrected chi connectivity index (χ0v) is 11.2. The van der Waals surface area contributed by atoms with Crippen molar-refractivity contribution in [2.75, 3.05) is 27.2 Å². The number of nitrogens with one attached hydrogen (secondary N) is 1. The molecule has 0 saturated heterocycles. The quantitative estimate of drug-likeness (QED) is 0.917. The molecule has 0 atom stereocenters. The van der Waals surface area contributed by atoms with Crippen LogP contribution in [-0.4, -0.2) is 38.0 Å². The summed E-state index contributed by atoms with van der Waals surface area (Å²) < 4.78 is 12.9. The molecule has 1 aromatic carbocycles. The Morgan fingerprint density at radius 2 is 2.18 bits per heavy atom. The van der Waals surface area contributed by atoms with Gasteiger partial charge in [0.2, 0.25) is 0 Å². The lowest BCUT2D eigenvalue weighted by atomic mass is 10.2. The van der Waals surface area contributed by atoms with Crippen LogP contribution in [0.2, 0.25) is 5.02 Å². The molecule has 0 unspecified atom stereocenters. The maximum Gasteiger partial charge on any atom is 0.253 e. The first kappa shape index (κ1) is 16.2. The third kappa shape index (κ3) is 4.50. The molecule has 0 bridgehead atoms. The lowest BCUT2D eigenvalue weighted by molar-refractivity contribution is 0.0797. The summed E-state index contributed by atoms with van der Waals surface area (Å²) in [6.45, 7) is 1.29. The van der Waals surface area contributed by atoms with Gasteiger partial charge in [0.25, 0.3) is 5.91 Å². The van der Waals surface area contributed by atoms with Crippen LogP contribution in [0.25, 0.3) is 0 Å². The molecule has 0 heterocycles. The van der Waals surface area contributed by atoms with E-state index in [1.807, 2.05) is 7.05 Å². The Morgan fingerprint density at radius 3 is 2.71 bits per heavy atom. The minimum Gasteiger partial charge on any atom is -0.340 e. The highest BCUT2D eigenvalue weighted by molar-refractivity contribution is 6.31. The molecule has 3 nitrogen and oxygen atoms in total. The Kier molecular flexibility index (Phi) is 7.11. The van der Waals surface area contributed by atoms with E-state index in [1.54, 1.807) is 11.9 Å². The first-order valence-electron chi connectivity index (χ1n) is 4.91. The maximum atomic E-state index is 12.9. The lowest BCUT2D eigenvalue weighted by Gasteiger charge is -2.16. The van der Waals surface area contributed by atoms with Crippen molar-refractivity contribution in [1.82, 2.24) is 10.2 Å². The molecular weight excluding hydrogens is 266 g/mol. The Balaban J connectivity index is 0.00000256. The average molecular weight is 281 g/mol. The van der Waals surface area contributed by atoms with Crippen molar-refractivity contribution >= 4 is 29.9 Å². The van der Waals surface area contributed by atoms with Crippen LogP contribution in [0.1, 0.15) is 10.4 Å². The van der Waals surface area contributed by atoms with Crippen molar-refractivity contribution < 1.29 is 9.18 Å². The molecule has 0 aliphatic heterocycles. The highest BCUT2D eigenvalue weighted by Crippen LogP contribution is 2.16. The second kappa shape index (κ2) is 7.48. The fraction of sp³-hybridized carbons (Fsp3) is 0.364. The van der Waals surface area contributed by atoms with Crippen LogP contribution in [0, 0.1) is 5.82 Å². The summed E-state index contributed by atoms with van der Waals surface area (Å²) in [6.07, 6.45) is 0. The predicted molar refractivity (Wildman–Crippen MR) is 69.5 cm³/mol. The molecule has 1 amide bonds. The number of carbonyl (C=O) groups is 1. The number of hydrogen-bond donors (Lipinski definition) is 1. The number of nitrogens with zero attached hydrogens (tertiary/aromatic N) is 1. The maximum absolute atomic E-state index is 12.9. The van der Waals surface area contributed by atoms with Gasteiger partial charge < -0.3 is 10.2 Å². The van der Waals surface area contributed by atoms with Crippen molar-refractivity contribution in [2.24, 2.45) is 0 Å². The monoisotopic (exact) mass is 280 g/mol. The summed E-state index contributed by atoms with van der Waals surface area (Å²) in [5.41, 5.74) is 0.394. The van der Waals surface area contributed by atoms with Gasteiger partial charge in [-0.1, -0.05) is 11.6 Å². The zero-order valence-electron chi connectivity index (χ0n) is 9.67. The van der Waals surface area contributed by atoms with Gasteiger partial charge in [0.15, 0.2) is 0 Å². The second-order valence-electron chi connectivity index (χ2n) is 3.46. The molecule has 0 saturated carbocycles. The SMILES string of the molecule is CNCCN(C)C(=O)c1ccc(F)c(Cl)c1.Cl. The van der Waals surface area contributed by atoms with E-state index in [0.29, 0.717) is 18.7 Å². The van der Waals surface area contributed by atoms with Gasteiger partial charge in [0.05, 0.1) is 5.02 Å². The van der Waals surface area contributed by atoms with Crippen molar-refractivity contribution in [3.63, 3.8) is 0 Å². The number of rotatable bonds is 4. The van der Waals surface area contributed by atoms with Crippen LogP contribution in [0.3, 0.4) is 0 Å². The predicted octanol–water partition coefficient (Wildman–Crippen LogP) is 2.19. The van der Waals surface area contributed by atoms with Crippen LogP contribution in [-0.2, 0) is 0 Å².